The average molecular weight is 288 g/mol. The van der Waals surface area contributed by atoms with Crippen LogP contribution in [0.4, 0.5) is 5.69 Å². The Morgan fingerprint density at radius 1 is 1.38 bits per heavy atom. The lowest BCUT2D eigenvalue weighted by Gasteiger charge is -2.22. The standard InChI is InChI=1S/C15H16N2O4/c1-21-14(18)10-2-3-11(13(8-10)17(19)20)12-9-15(4-5-15)6-7-16-12/h2-3,8-9,16H,4-7H2,1H3. The lowest BCUT2D eigenvalue weighted by molar-refractivity contribution is -0.385. The number of nitrogens with zero attached hydrogens (tertiary/aromatic N) is 1. The fourth-order valence-electron chi connectivity index (χ4n) is 2.76. The molecule has 110 valence electrons. The molecule has 1 aliphatic heterocycles. The van der Waals surface area contributed by atoms with E-state index >= 15 is 0 Å². The molecule has 1 saturated carbocycles. The molecule has 1 aliphatic carbocycles. The van der Waals surface area contributed by atoms with Crippen LogP contribution in [0.15, 0.2) is 24.3 Å². The van der Waals surface area contributed by atoms with Crippen LogP contribution in [0.2, 0.25) is 0 Å². The average Bonchev–Trinajstić information content (AvgIpc) is 3.24. The molecule has 1 aromatic carbocycles. The van der Waals surface area contributed by atoms with E-state index in [2.05, 4.69) is 16.1 Å². The highest BCUT2D eigenvalue weighted by atomic mass is 16.6. The highest BCUT2D eigenvalue weighted by Crippen LogP contribution is 2.52. The number of esters is 1. The summed E-state index contributed by atoms with van der Waals surface area (Å²) < 4.78 is 4.61. The third kappa shape index (κ3) is 2.49. The van der Waals surface area contributed by atoms with Gasteiger partial charge in [-0.25, -0.2) is 4.79 Å². The smallest absolute Gasteiger partial charge is 0.338 e. The monoisotopic (exact) mass is 288 g/mol. The van der Waals surface area contributed by atoms with E-state index in [-0.39, 0.29) is 16.7 Å². The Morgan fingerprint density at radius 3 is 2.76 bits per heavy atom. The minimum atomic E-state index is -0.575. The normalized spacial score (nSPS) is 18.6. The molecule has 0 radical (unpaired) electrons. The van der Waals surface area contributed by atoms with Crippen molar-refractivity contribution in [3.63, 3.8) is 0 Å². The second-order valence-electron chi connectivity index (χ2n) is 5.58. The minimum absolute atomic E-state index is 0.0747. The van der Waals surface area contributed by atoms with Crippen LogP contribution in [0, 0.1) is 15.5 Å². The molecule has 1 N–H and O–H groups in total. The third-order valence-corrected chi connectivity index (χ3v) is 4.19. The first kappa shape index (κ1) is 13.6. The molecule has 2 aliphatic rings. The van der Waals surface area contributed by atoms with Crippen LogP contribution < -0.4 is 5.32 Å². The van der Waals surface area contributed by atoms with E-state index in [9.17, 15) is 14.9 Å². The molecule has 21 heavy (non-hydrogen) atoms. The van der Waals surface area contributed by atoms with E-state index in [0.29, 0.717) is 5.56 Å². The second-order valence-corrected chi connectivity index (χ2v) is 5.58. The maximum atomic E-state index is 11.5. The molecule has 1 spiro atoms. The summed E-state index contributed by atoms with van der Waals surface area (Å²) in [4.78, 5) is 22.4. The van der Waals surface area contributed by atoms with Crippen LogP contribution in [0.5, 0.6) is 0 Å². The molecule has 0 aromatic heterocycles. The summed E-state index contributed by atoms with van der Waals surface area (Å²) >= 11 is 0. The zero-order chi connectivity index (χ0) is 15.0. The Morgan fingerprint density at radius 2 is 2.14 bits per heavy atom. The van der Waals surface area contributed by atoms with Crippen molar-refractivity contribution in [1.29, 1.82) is 0 Å². The number of nitro groups is 1. The predicted molar refractivity (Wildman–Crippen MR) is 76.7 cm³/mol. The zero-order valence-electron chi connectivity index (χ0n) is 11.7. The van der Waals surface area contributed by atoms with Gasteiger partial charge in [-0.05, 0) is 36.8 Å². The van der Waals surface area contributed by atoms with Crippen LogP contribution in [-0.2, 0) is 4.74 Å². The maximum absolute atomic E-state index is 11.5. The van der Waals surface area contributed by atoms with E-state index in [1.165, 1.54) is 13.2 Å². The lowest BCUT2D eigenvalue weighted by Crippen LogP contribution is -2.23. The first-order valence-electron chi connectivity index (χ1n) is 6.88. The Labute approximate surface area is 121 Å². The van der Waals surface area contributed by atoms with Crippen LogP contribution in [0.25, 0.3) is 5.70 Å². The van der Waals surface area contributed by atoms with Gasteiger partial charge in [-0.15, -0.1) is 0 Å². The van der Waals surface area contributed by atoms with Crippen molar-refractivity contribution in [3.05, 3.63) is 45.5 Å². The molecular formula is C15H16N2O4. The van der Waals surface area contributed by atoms with Gasteiger partial charge in [0.1, 0.15) is 0 Å². The number of hydrogen-bond donors (Lipinski definition) is 1. The zero-order valence-corrected chi connectivity index (χ0v) is 11.7. The summed E-state index contributed by atoms with van der Waals surface area (Å²) in [5.74, 6) is -0.575. The number of nitrogens with one attached hydrogen (secondary N) is 1. The van der Waals surface area contributed by atoms with Crippen molar-refractivity contribution >= 4 is 17.4 Å². The molecule has 0 unspecified atom stereocenters. The van der Waals surface area contributed by atoms with Crippen LogP contribution in [-0.4, -0.2) is 24.5 Å². The molecule has 0 amide bonds. The van der Waals surface area contributed by atoms with Crippen molar-refractivity contribution in [1.82, 2.24) is 5.32 Å². The van der Waals surface area contributed by atoms with Gasteiger partial charge < -0.3 is 10.1 Å². The molecule has 1 fully saturated rings. The molecular weight excluding hydrogens is 272 g/mol. The van der Waals surface area contributed by atoms with Gasteiger partial charge in [0.15, 0.2) is 0 Å². The van der Waals surface area contributed by atoms with E-state index in [1.807, 2.05) is 0 Å². The van der Waals surface area contributed by atoms with Gasteiger partial charge in [-0.2, -0.15) is 0 Å². The summed E-state index contributed by atoms with van der Waals surface area (Å²) in [5, 5.41) is 14.5. The maximum Gasteiger partial charge on any atom is 0.338 e. The van der Waals surface area contributed by atoms with Gasteiger partial charge in [0, 0.05) is 18.3 Å². The van der Waals surface area contributed by atoms with Crippen molar-refractivity contribution in [2.24, 2.45) is 5.41 Å². The van der Waals surface area contributed by atoms with E-state index < -0.39 is 10.9 Å². The van der Waals surface area contributed by atoms with E-state index in [1.54, 1.807) is 12.1 Å². The van der Waals surface area contributed by atoms with Gasteiger partial charge in [0.2, 0.25) is 0 Å². The first-order chi connectivity index (χ1) is 10.0. The minimum Gasteiger partial charge on any atom is -0.465 e. The first-order valence-corrected chi connectivity index (χ1v) is 6.88. The Balaban J connectivity index is 2.04. The fourth-order valence-corrected chi connectivity index (χ4v) is 2.76. The van der Waals surface area contributed by atoms with Gasteiger partial charge in [0.05, 0.1) is 23.2 Å². The Bertz CT molecular complexity index is 647. The SMILES string of the molecule is COC(=O)c1ccc(C2=CC3(CCN2)CC3)c([N+](=O)[O-])c1. The number of rotatable bonds is 3. The summed E-state index contributed by atoms with van der Waals surface area (Å²) in [6, 6.07) is 4.45. The van der Waals surface area contributed by atoms with Crippen LogP contribution >= 0.6 is 0 Å². The number of benzene rings is 1. The number of carbonyl (C=O) groups is 1. The van der Waals surface area contributed by atoms with Gasteiger partial charge >= 0.3 is 5.97 Å². The summed E-state index contributed by atoms with van der Waals surface area (Å²) in [6.45, 7) is 0.821. The number of ether oxygens (including phenoxy) is 1. The molecule has 0 saturated heterocycles. The van der Waals surface area contributed by atoms with Gasteiger partial charge in [0.25, 0.3) is 5.69 Å². The molecule has 0 atom stereocenters. The van der Waals surface area contributed by atoms with E-state index in [4.69, 9.17) is 0 Å². The number of methoxy groups -OCH3 is 1. The van der Waals surface area contributed by atoms with Crippen LogP contribution in [0.1, 0.15) is 35.2 Å². The number of hydrogen-bond acceptors (Lipinski definition) is 5. The summed E-state index contributed by atoms with van der Waals surface area (Å²) in [7, 11) is 1.25. The van der Waals surface area contributed by atoms with Crippen molar-refractivity contribution in [3.8, 4) is 0 Å². The number of carbonyl (C=O) groups excluding carboxylic acids is 1. The molecule has 3 rings (SSSR count). The molecule has 1 aromatic rings. The highest BCUT2D eigenvalue weighted by Gasteiger charge is 2.42. The summed E-state index contributed by atoms with van der Waals surface area (Å²) in [6.07, 6.45) is 5.47. The molecule has 0 bridgehead atoms. The fraction of sp³-hybridized carbons (Fsp3) is 0.400. The number of nitro benzene ring substituents is 1. The molecule has 6 nitrogen and oxygen atoms in total. The highest BCUT2D eigenvalue weighted by molar-refractivity contribution is 5.91. The summed E-state index contributed by atoms with van der Waals surface area (Å²) in [5.41, 5.74) is 1.66. The predicted octanol–water partition coefficient (Wildman–Crippen LogP) is 2.50. The van der Waals surface area contributed by atoms with Crippen molar-refractivity contribution < 1.29 is 14.5 Å². The topological polar surface area (TPSA) is 81.5 Å². The second kappa shape index (κ2) is 4.87. The number of allylic oxidation sites excluding steroid dienone is 1. The van der Waals surface area contributed by atoms with Gasteiger partial charge in [-0.1, -0.05) is 6.08 Å². The van der Waals surface area contributed by atoms with Crippen LogP contribution in [0.3, 0.4) is 0 Å². The largest absolute Gasteiger partial charge is 0.465 e. The molecule has 1 heterocycles. The van der Waals surface area contributed by atoms with Crippen molar-refractivity contribution in [2.75, 3.05) is 13.7 Å². The molecule has 6 heteroatoms. The Kier molecular flexibility index (Phi) is 3.16. The lowest BCUT2D eigenvalue weighted by atomic mass is 9.94. The van der Waals surface area contributed by atoms with Gasteiger partial charge in [-0.3, -0.25) is 10.1 Å². The van der Waals surface area contributed by atoms with E-state index in [0.717, 1.165) is 31.5 Å². The quantitative estimate of drug-likeness (QED) is 0.525. The van der Waals surface area contributed by atoms with Crippen molar-refractivity contribution in [2.45, 2.75) is 19.3 Å². The Hall–Kier alpha value is -2.37. The third-order valence-electron chi connectivity index (χ3n) is 4.19.